The molecule has 0 heterocycles. The van der Waals surface area contributed by atoms with E-state index in [1.807, 2.05) is 52.0 Å². The van der Waals surface area contributed by atoms with Gasteiger partial charge in [0, 0.05) is 29.7 Å². The standard InChI is InChI=1S/C20H26N2O3/c1-12(2)9-18(23)22-20-15-8-6-5-7-14(15)17(11-16(20)21)25-19(24)10-13(3)4/h5-8,11-13H,9-10,21H2,1-4H3,(H,22,23)/p+1. The second kappa shape index (κ2) is 8.12. The van der Waals surface area contributed by atoms with Gasteiger partial charge in [0.25, 0.3) is 0 Å². The highest BCUT2D eigenvalue weighted by Gasteiger charge is 2.18. The van der Waals surface area contributed by atoms with Gasteiger partial charge in [-0.1, -0.05) is 52.0 Å². The van der Waals surface area contributed by atoms with Crippen LogP contribution in [0.1, 0.15) is 40.5 Å². The number of carbonyl (C=O) groups is 2. The maximum Gasteiger partial charge on any atom is 0.311 e. The van der Waals surface area contributed by atoms with Crippen molar-refractivity contribution < 1.29 is 20.1 Å². The minimum Gasteiger partial charge on any atom is -0.426 e. The number of amides is 1. The Morgan fingerprint density at radius 1 is 1.04 bits per heavy atom. The fourth-order valence-electron chi connectivity index (χ4n) is 2.69. The molecule has 5 heteroatoms. The fourth-order valence-corrected chi connectivity index (χ4v) is 2.69. The van der Waals surface area contributed by atoms with Crippen molar-refractivity contribution in [3.05, 3.63) is 30.3 Å². The molecule has 2 aromatic rings. The molecule has 2 rings (SSSR count). The van der Waals surface area contributed by atoms with Gasteiger partial charge in [0.1, 0.15) is 11.4 Å². The molecule has 0 saturated heterocycles. The van der Waals surface area contributed by atoms with Crippen LogP contribution in [0.4, 0.5) is 11.4 Å². The first-order valence-electron chi connectivity index (χ1n) is 8.66. The molecule has 0 spiro atoms. The molecule has 0 unspecified atom stereocenters. The Kier molecular flexibility index (Phi) is 6.15. The Morgan fingerprint density at radius 3 is 2.24 bits per heavy atom. The highest BCUT2D eigenvalue weighted by molar-refractivity contribution is 6.08. The van der Waals surface area contributed by atoms with E-state index in [1.54, 1.807) is 6.07 Å². The van der Waals surface area contributed by atoms with Crippen molar-refractivity contribution in [2.75, 3.05) is 5.32 Å². The lowest BCUT2D eigenvalue weighted by Gasteiger charge is -2.14. The molecule has 0 saturated carbocycles. The van der Waals surface area contributed by atoms with E-state index in [2.05, 4.69) is 11.1 Å². The summed E-state index contributed by atoms with van der Waals surface area (Å²) in [5, 5.41) is 4.56. The van der Waals surface area contributed by atoms with Crippen LogP contribution >= 0.6 is 0 Å². The van der Waals surface area contributed by atoms with Crippen LogP contribution < -0.4 is 15.8 Å². The Morgan fingerprint density at radius 2 is 1.64 bits per heavy atom. The lowest BCUT2D eigenvalue weighted by molar-refractivity contribution is -0.253. The summed E-state index contributed by atoms with van der Waals surface area (Å²) in [5.41, 5.74) is 5.32. The number of anilines is 1. The van der Waals surface area contributed by atoms with Gasteiger partial charge in [-0.2, -0.15) is 0 Å². The predicted octanol–water partition coefficient (Wildman–Crippen LogP) is 3.65. The third-order valence-corrected chi connectivity index (χ3v) is 3.75. The van der Waals surface area contributed by atoms with Gasteiger partial charge in [-0.05, 0) is 11.8 Å². The Labute approximate surface area is 148 Å². The molecular weight excluding hydrogens is 316 g/mol. The monoisotopic (exact) mass is 343 g/mol. The second-order valence-corrected chi connectivity index (χ2v) is 7.17. The van der Waals surface area contributed by atoms with E-state index in [1.165, 1.54) is 0 Å². The van der Waals surface area contributed by atoms with E-state index in [4.69, 9.17) is 4.74 Å². The molecule has 0 fully saturated rings. The third kappa shape index (κ3) is 5.03. The van der Waals surface area contributed by atoms with E-state index in [0.29, 0.717) is 30.0 Å². The van der Waals surface area contributed by atoms with Crippen LogP contribution in [0.15, 0.2) is 30.3 Å². The predicted molar refractivity (Wildman–Crippen MR) is 99.7 cm³/mol. The number of rotatable bonds is 6. The molecule has 0 radical (unpaired) electrons. The van der Waals surface area contributed by atoms with Crippen molar-refractivity contribution in [2.24, 2.45) is 11.8 Å². The fraction of sp³-hybridized carbons (Fsp3) is 0.400. The van der Waals surface area contributed by atoms with E-state index in [9.17, 15) is 9.59 Å². The Hall–Kier alpha value is -2.40. The van der Waals surface area contributed by atoms with Gasteiger partial charge in [-0.3, -0.25) is 9.59 Å². The van der Waals surface area contributed by atoms with Crippen molar-refractivity contribution in [2.45, 2.75) is 40.5 Å². The number of benzene rings is 2. The van der Waals surface area contributed by atoms with Crippen LogP contribution in [-0.4, -0.2) is 11.9 Å². The Bertz CT molecular complexity index is 782. The lowest BCUT2D eigenvalue weighted by atomic mass is 10.0. The molecule has 4 N–H and O–H groups in total. The maximum atomic E-state index is 12.2. The van der Waals surface area contributed by atoms with Crippen LogP contribution in [0.5, 0.6) is 5.75 Å². The van der Waals surface area contributed by atoms with Crippen molar-refractivity contribution >= 4 is 34.0 Å². The number of hydrogen-bond donors (Lipinski definition) is 2. The molecule has 2 aromatic carbocycles. The van der Waals surface area contributed by atoms with E-state index in [0.717, 1.165) is 10.8 Å². The first kappa shape index (κ1) is 18.9. The van der Waals surface area contributed by atoms with Crippen molar-refractivity contribution in [1.82, 2.24) is 0 Å². The summed E-state index contributed by atoms with van der Waals surface area (Å²) in [6.45, 7) is 7.94. The van der Waals surface area contributed by atoms with Gasteiger partial charge < -0.3 is 15.8 Å². The zero-order valence-corrected chi connectivity index (χ0v) is 15.4. The van der Waals surface area contributed by atoms with Crippen LogP contribution in [0.25, 0.3) is 10.8 Å². The number of quaternary nitrogens is 1. The van der Waals surface area contributed by atoms with Gasteiger partial charge in [0.2, 0.25) is 5.91 Å². The minimum absolute atomic E-state index is 0.0467. The van der Waals surface area contributed by atoms with E-state index in [-0.39, 0.29) is 23.7 Å². The van der Waals surface area contributed by atoms with E-state index >= 15 is 0 Å². The number of esters is 1. The molecule has 134 valence electrons. The highest BCUT2D eigenvalue weighted by atomic mass is 16.5. The molecule has 25 heavy (non-hydrogen) atoms. The molecular formula is C20H27N2O3+. The van der Waals surface area contributed by atoms with E-state index < -0.39 is 0 Å². The second-order valence-electron chi connectivity index (χ2n) is 7.17. The number of hydrogen-bond acceptors (Lipinski definition) is 3. The molecule has 0 aliphatic carbocycles. The number of fused-ring (bicyclic) bond motifs is 1. The number of carbonyl (C=O) groups excluding carboxylic acids is 2. The molecule has 0 atom stereocenters. The lowest BCUT2D eigenvalue weighted by Crippen LogP contribution is -2.41. The largest absolute Gasteiger partial charge is 0.426 e. The molecule has 1 amide bonds. The van der Waals surface area contributed by atoms with Gasteiger partial charge in [-0.25, -0.2) is 0 Å². The van der Waals surface area contributed by atoms with Crippen LogP contribution in [-0.2, 0) is 9.59 Å². The summed E-state index contributed by atoms with van der Waals surface area (Å²) in [5.74, 6) is 0.669. The van der Waals surface area contributed by atoms with Gasteiger partial charge in [0.05, 0.1) is 0 Å². The van der Waals surface area contributed by atoms with Crippen molar-refractivity contribution in [3.8, 4) is 5.75 Å². The van der Waals surface area contributed by atoms with Crippen LogP contribution in [0.3, 0.4) is 0 Å². The normalized spacial score (nSPS) is 11.2. The molecule has 0 aliphatic heterocycles. The third-order valence-electron chi connectivity index (χ3n) is 3.75. The summed E-state index contributed by atoms with van der Waals surface area (Å²) in [6.07, 6.45) is 0.798. The average Bonchev–Trinajstić information content (AvgIpc) is 2.49. The maximum absolute atomic E-state index is 12.2. The quantitative estimate of drug-likeness (QED) is 0.620. The first-order chi connectivity index (χ1) is 11.8. The summed E-state index contributed by atoms with van der Waals surface area (Å²) < 4.78 is 5.55. The summed E-state index contributed by atoms with van der Waals surface area (Å²) in [4.78, 5) is 24.2. The minimum atomic E-state index is -0.267. The summed E-state index contributed by atoms with van der Waals surface area (Å²) >= 11 is 0. The van der Waals surface area contributed by atoms with Gasteiger partial charge in [-0.15, -0.1) is 0 Å². The SMILES string of the molecule is CC(C)CC(=O)Nc1c([NH3+])cc(OC(=O)CC(C)C)c2ccccc12. The zero-order valence-electron chi connectivity index (χ0n) is 15.4. The zero-order chi connectivity index (χ0) is 18.6. The molecule has 0 bridgehead atoms. The van der Waals surface area contributed by atoms with Crippen molar-refractivity contribution in [3.63, 3.8) is 0 Å². The van der Waals surface area contributed by atoms with Gasteiger partial charge >= 0.3 is 5.97 Å². The smallest absolute Gasteiger partial charge is 0.311 e. The average molecular weight is 343 g/mol. The molecule has 0 aliphatic rings. The topological polar surface area (TPSA) is 83.0 Å². The summed E-state index contributed by atoms with van der Waals surface area (Å²) in [6, 6.07) is 9.26. The summed E-state index contributed by atoms with van der Waals surface area (Å²) in [7, 11) is 0. The Balaban J connectivity index is 2.40. The molecule has 0 aromatic heterocycles. The first-order valence-corrected chi connectivity index (χ1v) is 8.66. The molecule has 5 nitrogen and oxygen atoms in total. The van der Waals surface area contributed by atoms with Crippen molar-refractivity contribution in [1.29, 1.82) is 0 Å². The van der Waals surface area contributed by atoms with Gasteiger partial charge in [0.15, 0.2) is 5.69 Å². The highest BCUT2D eigenvalue weighted by Crippen LogP contribution is 2.36. The number of nitrogens with one attached hydrogen (secondary N) is 1. The van der Waals surface area contributed by atoms with Crippen LogP contribution in [0.2, 0.25) is 0 Å². The number of ether oxygens (including phenoxy) is 1. The van der Waals surface area contributed by atoms with Crippen LogP contribution in [0, 0.1) is 11.8 Å².